The fourth-order valence-corrected chi connectivity index (χ4v) is 4.19. The van der Waals surface area contributed by atoms with Crippen molar-refractivity contribution in [3.63, 3.8) is 0 Å². The van der Waals surface area contributed by atoms with E-state index in [4.69, 9.17) is 16.3 Å². The predicted molar refractivity (Wildman–Crippen MR) is 92.5 cm³/mol. The molecule has 0 aliphatic rings. The van der Waals surface area contributed by atoms with Gasteiger partial charge in [-0.2, -0.15) is 0 Å². The summed E-state index contributed by atoms with van der Waals surface area (Å²) in [4.78, 5) is 0.0412. The van der Waals surface area contributed by atoms with Crippen molar-refractivity contribution in [1.29, 1.82) is 0 Å². The maximum absolute atomic E-state index is 12.8. The number of halogens is 1. The van der Waals surface area contributed by atoms with E-state index in [2.05, 4.69) is 4.72 Å². The molecule has 6 heteroatoms. The number of ether oxygens (including phenoxy) is 1. The smallest absolute Gasteiger partial charge is 0.244 e. The van der Waals surface area contributed by atoms with E-state index in [1.54, 1.807) is 12.1 Å². The van der Waals surface area contributed by atoms with Crippen LogP contribution in [0.5, 0.6) is 5.75 Å². The number of hydrogen-bond donors (Lipinski definition) is 1. The van der Waals surface area contributed by atoms with Gasteiger partial charge in [0.1, 0.15) is 10.6 Å². The first-order valence-corrected chi connectivity index (χ1v) is 9.16. The van der Waals surface area contributed by atoms with Gasteiger partial charge < -0.3 is 4.74 Å². The first kappa shape index (κ1) is 17.8. The quantitative estimate of drug-likeness (QED) is 0.851. The van der Waals surface area contributed by atoms with Crippen molar-refractivity contribution in [2.75, 3.05) is 7.11 Å². The van der Waals surface area contributed by atoms with Crippen molar-refractivity contribution in [1.82, 2.24) is 4.72 Å². The molecule has 1 atom stereocenters. The van der Waals surface area contributed by atoms with Crippen LogP contribution in [-0.4, -0.2) is 15.5 Å². The lowest BCUT2D eigenvalue weighted by Crippen LogP contribution is -2.29. The lowest BCUT2D eigenvalue weighted by atomic mass is 10.0. The van der Waals surface area contributed by atoms with Crippen LogP contribution in [0.1, 0.15) is 30.5 Å². The summed E-state index contributed by atoms with van der Waals surface area (Å²) in [5.74, 6) is 0.265. The third-order valence-corrected chi connectivity index (χ3v) is 5.41. The Morgan fingerprint density at radius 2 is 1.91 bits per heavy atom. The van der Waals surface area contributed by atoms with Crippen molar-refractivity contribution < 1.29 is 13.2 Å². The Kier molecular flexibility index (Phi) is 5.68. The molecule has 0 aromatic heterocycles. The Hall–Kier alpha value is -1.56. The van der Waals surface area contributed by atoms with Crippen LogP contribution in [0.25, 0.3) is 0 Å². The van der Waals surface area contributed by atoms with E-state index < -0.39 is 10.0 Å². The first-order valence-electron chi connectivity index (χ1n) is 7.30. The molecule has 0 aliphatic carbocycles. The highest BCUT2D eigenvalue weighted by Crippen LogP contribution is 2.29. The minimum Gasteiger partial charge on any atom is -0.495 e. The largest absolute Gasteiger partial charge is 0.495 e. The molecule has 4 nitrogen and oxygen atoms in total. The van der Waals surface area contributed by atoms with Gasteiger partial charge in [0.05, 0.1) is 7.11 Å². The third kappa shape index (κ3) is 4.05. The molecule has 0 bridgehead atoms. The Labute approximate surface area is 142 Å². The van der Waals surface area contributed by atoms with E-state index >= 15 is 0 Å². The summed E-state index contributed by atoms with van der Waals surface area (Å²) in [6.45, 7) is 3.90. The fourth-order valence-electron chi connectivity index (χ4n) is 2.46. The van der Waals surface area contributed by atoms with Crippen molar-refractivity contribution in [3.05, 3.63) is 58.6 Å². The summed E-state index contributed by atoms with van der Waals surface area (Å²) in [5.41, 5.74) is 2.00. The fraction of sp³-hybridized carbons (Fsp3) is 0.294. The zero-order valence-electron chi connectivity index (χ0n) is 13.3. The Balaban J connectivity index is 2.41. The van der Waals surface area contributed by atoms with Gasteiger partial charge in [0.15, 0.2) is 0 Å². The standard InChI is InChI=1S/C17H20ClNO3S/c1-4-15(14-8-6-5-7-12(14)2)19-23(20,21)17-11-13(18)9-10-16(17)22-3/h5-11,15,19H,4H2,1-3H3/t15-/m0/s1. The van der Waals surface area contributed by atoms with Crippen LogP contribution in [0.3, 0.4) is 0 Å². The molecule has 0 fully saturated rings. The van der Waals surface area contributed by atoms with Crippen molar-refractivity contribution in [2.45, 2.75) is 31.2 Å². The molecule has 23 heavy (non-hydrogen) atoms. The maximum Gasteiger partial charge on any atom is 0.244 e. The molecule has 0 spiro atoms. The number of aryl methyl sites for hydroxylation is 1. The van der Waals surface area contributed by atoms with E-state index in [9.17, 15) is 8.42 Å². The Morgan fingerprint density at radius 3 is 2.52 bits per heavy atom. The van der Waals surface area contributed by atoms with Gasteiger partial charge in [0, 0.05) is 11.1 Å². The van der Waals surface area contributed by atoms with Gasteiger partial charge in [-0.25, -0.2) is 13.1 Å². The summed E-state index contributed by atoms with van der Waals surface area (Å²) < 4.78 is 33.4. The Bertz CT molecular complexity index is 790. The lowest BCUT2D eigenvalue weighted by molar-refractivity contribution is 0.402. The van der Waals surface area contributed by atoms with Crippen LogP contribution in [0.4, 0.5) is 0 Å². The maximum atomic E-state index is 12.8. The highest BCUT2D eigenvalue weighted by Gasteiger charge is 2.24. The number of rotatable bonds is 6. The second kappa shape index (κ2) is 7.34. The van der Waals surface area contributed by atoms with Crippen LogP contribution in [0.2, 0.25) is 5.02 Å². The predicted octanol–water partition coefficient (Wildman–Crippen LogP) is 4.09. The summed E-state index contributed by atoms with van der Waals surface area (Å²) in [6, 6.07) is 12.0. The van der Waals surface area contributed by atoms with E-state index in [0.717, 1.165) is 11.1 Å². The van der Waals surface area contributed by atoms with E-state index in [-0.39, 0.29) is 16.7 Å². The second-order valence-corrected chi connectivity index (χ2v) is 7.35. The molecule has 0 amide bonds. The molecule has 2 aromatic rings. The first-order chi connectivity index (χ1) is 10.9. The number of methoxy groups -OCH3 is 1. The molecule has 2 rings (SSSR count). The van der Waals surface area contributed by atoms with Gasteiger partial charge in [-0.05, 0) is 42.7 Å². The summed E-state index contributed by atoms with van der Waals surface area (Å²) in [7, 11) is -2.33. The Morgan fingerprint density at radius 1 is 1.22 bits per heavy atom. The molecular weight excluding hydrogens is 334 g/mol. The average molecular weight is 354 g/mol. The van der Waals surface area contributed by atoms with Crippen LogP contribution >= 0.6 is 11.6 Å². The highest BCUT2D eigenvalue weighted by molar-refractivity contribution is 7.89. The van der Waals surface area contributed by atoms with Gasteiger partial charge in [-0.3, -0.25) is 0 Å². The van der Waals surface area contributed by atoms with Gasteiger partial charge in [-0.15, -0.1) is 0 Å². The van der Waals surface area contributed by atoms with E-state index in [0.29, 0.717) is 11.4 Å². The molecule has 0 heterocycles. The molecule has 0 radical (unpaired) electrons. The number of nitrogens with one attached hydrogen (secondary N) is 1. The van der Waals surface area contributed by atoms with Crippen LogP contribution in [-0.2, 0) is 10.0 Å². The second-order valence-electron chi connectivity index (χ2n) is 5.23. The van der Waals surface area contributed by atoms with Gasteiger partial charge >= 0.3 is 0 Å². The van der Waals surface area contributed by atoms with E-state index in [1.807, 2.05) is 38.1 Å². The molecule has 0 saturated carbocycles. The number of hydrogen-bond acceptors (Lipinski definition) is 3. The lowest BCUT2D eigenvalue weighted by Gasteiger charge is -2.20. The number of sulfonamides is 1. The van der Waals surface area contributed by atoms with Crippen LogP contribution in [0, 0.1) is 6.92 Å². The molecule has 0 unspecified atom stereocenters. The highest BCUT2D eigenvalue weighted by atomic mass is 35.5. The zero-order chi connectivity index (χ0) is 17.0. The van der Waals surface area contributed by atoms with Crippen molar-refractivity contribution >= 4 is 21.6 Å². The van der Waals surface area contributed by atoms with Crippen molar-refractivity contribution in [2.24, 2.45) is 0 Å². The molecule has 0 saturated heterocycles. The molecular formula is C17H20ClNO3S. The summed E-state index contributed by atoms with van der Waals surface area (Å²) in [5, 5.41) is 0.343. The van der Waals surface area contributed by atoms with Crippen molar-refractivity contribution in [3.8, 4) is 5.75 Å². The topological polar surface area (TPSA) is 55.4 Å². The summed E-state index contributed by atoms with van der Waals surface area (Å²) >= 11 is 5.94. The van der Waals surface area contributed by atoms with Gasteiger partial charge in [-0.1, -0.05) is 42.8 Å². The average Bonchev–Trinajstić information content (AvgIpc) is 2.53. The molecule has 0 aliphatic heterocycles. The molecule has 2 aromatic carbocycles. The third-order valence-electron chi connectivity index (χ3n) is 3.68. The van der Waals surface area contributed by atoms with E-state index in [1.165, 1.54) is 13.2 Å². The van der Waals surface area contributed by atoms with Gasteiger partial charge in [0.25, 0.3) is 0 Å². The SMILES string of the molecule is CC[C@H](NS(=O)(=O)c1cc(Cl)ccc1OC)c1ccccc1C. The molecule has 1 N–H and O–H groups in total. The van der Waals surface area contributed by atoms with Crippen LogP contribution < -0.4 is 9.46 Å². The normalized spacial score (nSPS) is 12.9. The van der Waals surface area contributed by atoms with Gasteiger partial charge in [0.2, 0.25) is 10.0 Å². The number of benzene rings is 2. The zero-order valence-corrected chi connectivity index (χ0v) is 14.9. The van der Waals surface area contributed by atoms with Crippen LogP contribution in [0.15, 0.2) is 47.4 Å². The monoisotopic (exact) mass is 353 g/mol. The minimum atomic E-state index is -3.76. The minimum absolute atomic E-state index is 0.0412. The molecule has 124 valence electrons. The summed E-state index contributed by atoms with van der Waals surface area (Å²) in [6.07, 6.45) is 0.632.